The summed E-state index contributed by atoms with van der Waals surface area (Å²) in [6.45, 7) is 0.830. The molecule has 0 saturated carbocycles. The molecular formula is C24H22N4O3. The highest BCUT2D eigenvalue weighted by molar-refractivity contribution is 5.94. The minimum absolute atomic E-state index is 0.159. The number of benzene rings is 3. The normalized spacial score (nSPS) is 10.5. The van der Waals surface area contributed by atoms with Gasteiger partial charge in [0.25, 0.3) is 5.91 Å². The first-order chi connectivity index (χ1) is 15.2. The molecule has 0 aliphatic heterocycles. The molecule has 1 heterocycles. The summed E-state index contributed by atoms with van der Waals surface area (Å²) >= 11 is 0. The van der Waals surface area contributed by atoms with Crippen LogP contribution in [-0.2, 0) is 13.2 Å². The summed E-state index contributed by atoms with van der Waals surface area (Å²) in [4.78, 5) is 16.4. The van der Waals surface area contributed by atoms with Crippen molar-refractivity contribution in [2.45, 2.75) is 13.2 Å². The smallest absolute Gasteiger partial charge is 0.251 e. The minimum Gasteiger partial charge on any atom is -0.493 e. The number of methoxy groups -OCH3 is 1. The van der Waals surface area contributed by atoms with Crippen molar-refractivity contribution in [3.63, 3.8) is 0 Å². The van der Waals surface area contributed by atoms with Gasteiger partial charge in [-0.3, -0.25) is 4.79 Å². The zero-order valence-corrected chi connectivity index (χ0v) is 17.1. The van der Waals surface area contributed by atoms with Crippen molar-refractivity contribution in [2.24, 2.45) is 0 Å². The van der Waals surface area contributed by atoms with E-state index in [2.05, 4.69) is 15.4 Å². The van der Waals surface area contributed by atoms with E-state index in [1.165, 1.54) is 6.33 Å². The number of carbonyl (C=O) groups excluding carboxylic acids is 1. The Kier molecular flexibility index (Phi) is 6.23. The molecule has 1 aromatic heterocycles. The van der Waals surface area contributed by atoms with Crippen LogP contribution in [0.1, 0.15) is 21.5 Å². The first kappa shape index (κ1) is 20.2. The van der Waals surface area contributed by atoms with E-state index in [4.69, 9.17) is 9.47 Å². The quantitative estimate of drug-likeness (QED) is 0.475. The van der Waals surface area contributed by atoms with E-state index in [1.54, 1.807) is 30.3 Å². The fourth-order valence-electron chi connectivity index (χ4n) is 3.07. The van der Waals surface area contributed by atoms with Crippen LogP contribution in [-0.4, -0.2) is 27.8 Å². The number of hydrogen-bond donors (Lipinski definition) is 1. The van der Waals surface area contributed by atoms with E-state index in [1.807, 2.05) is 60.7 Å². The second-order valence-corrected chi connectivity index (χ2v) is 6.83. The third-order valence-corrected chi connectivity index (χ3v) is 4.73. The lowest BCUT2D eigenvalue weighted by Gasteiger charge is -2.13. The maximum atomic E-state index is 12.5. The number of amides is 1. The standard InChI is InChI=1S/C24H22N4O3/c1-30-23-13-19(7-12-22(23)31-15-18-5-3-2-4-6-18)14-26-24(29)20-8-10-21(11-9-20)28-17-25-16-27-28/h2-13,16-17H,14-15H2,1H3,(H,26,29). The molecule has 31 heavy (non-hydrogen) atoms. The van der Waals surface area contributed by atoms with E-state index in [-0.39, 0.29) is 5.91 Å². The van der Waals surface area contributed by atoms with Crippen LogP contribution in [0.5, 0.6) is 11.5 Å². The Labute approximate surface area is 180 Å². The Morgan fingerprint density at radius 1 is 0.968 bits per heavy atom. The average molecular weight is 414 g/mol. The molecule has 4 aromatic rings. The summed E-state index contributed by atoms with van der Waals surface area (Å²) in [6.07, 6.45) is 3.07. The van der Waals surface area contributed by atoms with Gasteiger partial charge in [-0.15, -0.1) is 0 Å². The van der Waals surface area contributed by atoms with Crippen LogP contribution in [0.25, 0.3) is 5.69 Å². The van der Waals surface area contributed by atoms with Gasteiger partial charge in [0.2, 0.25) is 0 Å². The fourth-order valence-corrected chi connectivity index (χ4v) is 3.07. The van der Waals surface area contributed by atoms with Crippen LogP contribution < -0.4 is 14.8 Å². The van der Waals surface area contributed by atoms with Crippen LogP contribution in [0, 0.1) is 0 Å². The lowest BCUT2D eigenvalue weighted by Crippen LogP contribution is -2.22. The summed E-state index contributed by atoms with van der Waals surface area (Å²) in [6, 6.07) is 22.7. The highest BCUT2D eigenvalue weighted by Gasteiger charge is 2.09. The Bertz CT molecular complexity index is 1130. The third-order valence-electron chi connectivity index (χ3n) is 4.73. The van der Waals surface area contributed by atoms with Crippen molar-refractivity contribution < 1.29 is 14.3 Å². The van der Waals surface area contributed by atoms with Gasteiger partial charge in [0.15, 0.2) is 11.5 Å². The third kappa shape index (κ3) is 5.08. The fraction of sp³-hybridized carbons (Fsp3) is 0.125. The van der Waals surface area contributed by atoms with Gasteiger partial charge in [-0.2, -0.15) is 5.10 Å². The molecule has 0 fully saturated rings. The maximum absolute atomic E-state index is 12.5. The SMILES string of the molecule is COc1cc(CNC(=O)c2ccc(-n3cncn3)cc2)ccc1OCc1ccccc1. The van der Waals surface area contributed by atoms with E-state index in [0.717, 1.165) is 16.8 Å². The Morgan fingerprint density at radius 3 is 2.48 bits per heavy atom. The Hall–Kier alpha value is -4.13. The van der Waals surface area contributed by atoms with Crippen LogP contribution in [0.2, 0.25) is 0 Å². The van der Waals surface area contributed by atoms with E-state index in [9.17, 15) is 4.79 Å². The zero-order valence-electron chi connectivity index (χ0n) is 17.1. The molecule has 0 unspecified atom stereocenters. The number of carbonyl (C=O) groups is 1. The van der Waals surface area contributed by atoms with Gasteiger partial charge in [0.05, 0.1) is 12.8 Å². The second-order valence-electron chi connectivity index (χ2n) is 6.83. The number of nitrogens with zero attached hydrogens (tertiary/aromatic N) is 3. The molecule has 1 N–H and O–H groups in total. The van der Waals surface area contributed by atoms with Crippen LogP contribution >= 0.6 is 0 Å². The number of ether oxygens (including phenoxy) is 2. The van der Waals surface area contributed by atoms with Gasteiger partial charge in [-0.25, -0.2) is 9.67 Å². The predicted octanol–water partition coefficient (Wildman–Crippen LogP) is 3.78. The Morgan fingerprint density at radius 2 is 1.77 bits per heavy atom. The van der Waals surface area contributed by atoms with Gasteiger partial charge < -0.3 is 14.8 Å². The predicted molar refractivity (Wildman–Crippen MR) is 116 cm³/mol. The molecular weight excluding hydrogens is 392 g/mol. The molecule has 0 radical (unpaired) electrons. The first-order valence-electron chi connectivity index (χ1n) is 9.80. The Balaban J connectivity index is 1.36. The summed E-state index contributed by atoms with van der Waals surface area (Å²) < 4.78 is 13.0. The first-order valence-corrected chi connectivity index (χ1v) is 9.80. The van der Waals surface area contributed by atoms with Crippen molar-refractivity contribution in [1.82, 2.24) is 20.1 Å². The highest BCUT2D eigenvalue weighted by Crippen LogP contribution is 2.29. The second kappa shape index (κ2) is 9.58. The molecule has 4 rings (SSSR count). The van der Waals surface area contributed by atoms with Crippen molar-refractivity contribution in [1.29, 1.82) is 0 Å². The largest absolute Gasteiger partial charge is 0.493 e. The van der Waals surface area contributed by atoms with Crippen LogP contribution in [0.4, 0.5) is 0 Å². The number of hydrogen-bond acceptors (Lipinski definition) is 5. The zero-order chi connectivity index (χ0) is 21.5. The van der Waals surface area contributed by atoms with E-state index < -0.39 is 0 Å². The summed E-state index contributed by atoms with van der Waals surface area (Å²) in [5.74, 6) is 1.12. The highest BCUT2D eigenvalue weighted by atomic mass is 16.5. The van der Waals surface area contributed by atoms with Gasteiger partial charge in [0.1, 0.15) is 19.3 Å². The van der Waals surface area contributed by atoms with Crippen molar-refractivity contribution in [3.8, 4) is 17.2 Å². The molecule has 0 bridgehead atoms. The van der Waals surface area contributed by atoms with Crippen molar-refractivity contribution in [2.75, 3.05) is 7.11 Å². The molecule has 0 aliphatic carbocycles. The van der Waals surface area contributed by atoms with Gasteiger partial charge in [-0.1, -0.05) is 36.4 Å². The lowest BCUT2D eigenvalue weighted by molar-refractivity contribution is 0.0951. The van der Waals surface area contributed by atoms with Gasteiger partial charge in [-0.05, 0) is 47.5 Å². The van der Waals surface area contributed by atoms with Gasteiger partial charge >= 0.3 is 0 Å². The molecule has 7 nitrogen and oxygen atoms in total. The summed E-state index contributed by atoms with van der Waals surface area (Å²) in [5.41, 5.74) is 3.40. The van der Waals surface area contributed by atoms with Crippen molar-refractivity contribution >= 4 is 5.91 Å². The molecule has 0 atom stereocenters. The maximum Gasteiger partial charge on any atom is 0.251 e. The number of aromatic nitrogens is 3. The molecule has 0 aliphatic rings. The van der Waals surface area contributed by atoms with E-state index in [0.29, 0.717) is 30.2 Å². The molecule has 0 saturated heterocycles. The van der Waals surface area contributed by atoms with Crippen LogP contribution in [0.3, 0.4) is 0 Å². The average Bonchev–Trinajstić information content (AvgIpc) is 3.37. The van der Waals surface area contributed by atoms with Crippen molar-refractivity contribution in [3.05, 3.63) is 102 Å². The lowest BCUT2D eigenvalue weighted by atomic mass is 10.1. The van der Waals surface area contributed by atoms with Gasteiger partial charge in [0, 0.05) is 12.1 Å². The minimum atomic E-state index is -0.159. The molecule has 0 spiro atoms. The monoisotopic (exact) mass is 414 g/mol. The van der Waals surface area contributed by atoms with Crippen LogP contribution in [0.15, 0.2) is 85.5 Å². The summed E-state index contributed by atoms with van der Waals surface area (Å²) in [5, 5.41) is 7.00. The topological polar surface area (TPSA) is 78.3 Å². The number of nitrogens with one attached hydrogen (secondary N) is 1. The molecule has 7 heteroatoms. The molecule has 1 amide bonds. The van der Waals surface area contributed by atoms with E-state index >= 15 is 0 Å². The number of rotatable bonds is 8. The summed E-state index contributed by atoms with van der Waals surface area (Å²) in [7, 11) is 1.60. The molecule has 3 aromatic carbocycles. The molecule has 156 valence electrons.